The lowest BCUT2D eigenvalue weighted by Crippen LogP contribution is -2.41. The van der Waals surface area contributed by atoms with Crippen molar-refractivity contribution in [2.24, 2.45) is 5.92 Å². The lowest BCUT2D eigenvalue weighted by Gasteiger charge is -2.32. The van der Waals surface area contributed by atoms with Crippen LogP contribution in [0.15, 0.2) is 40.7 Å². The lowest BCUT2D eigenvalue weighted by atomic mass is 9.98. The molecule has 2 aromatic rings. The zero-order valence-electron chi connectivity index (χ0n) is 15.3. The molecule has 152 valence electrons. The Labute approximate surface area is 168 Å². The molecule has 0 saturated carbocycles. The van der Waals surface area contributed by atoms with Crippen molar-refractivity contribution in [1.29, 1.82) is 0 Å². The molecule has 0 radical (unpaired) electrons. The van der Waals surface area contributed by atoms with Gasteiger partial charge in [0.25, 0.3) is 0 Å². The van der Waals surface area contributed by atoms with E-state index >= 15 is 0 Å². The summed E-state index contributed by atoms with van der Waals surface area (Å²) < 4.78 is 39.7. The van der Waals surface area contributed by atoms with Crippen molar-refractivity contribution >= 4 is 32.4 Å². The molecule has 1 atom stereocenters. The van der Waals surface area contributed by atoms with E-state index in [4.69, 9.17) is 0 Å². The van der Waals surface area contributed by atoms with E-state index in [-0.39, 0.29) is 23.8 Å². The number of nitrogens with zero attached hydrogens (tertiary/aromatic N) is 2. The van der Waals surface area contributed by atoms with Gasteiger partial charge in [-0.1, -0.05) is 6.07 Å². The highest BCUT2D eigenvalue weighted by molar-refractivity contribution is 7.89. The number of sulfonamides is 1. The molecule has 10 heteroatoms. The van der Waals surface area contributed by atoms with E-state index in [2.05, 4.69) is 19.9 Å². The molecular formula is C18H23FN4O3S2. The van der Waals surface area contributed by atoms with Gasteiger partial charge in [-0.15, -0.1) is 11.3 Å². The summed E-state index contributed by atoms with van der Waals surface area (Å²) in [4.78, 5) is 18.5. The molecule has 1 fully saturated rings. The standard InChI is InChI=1S/C18H23FN4O3S2/c19-15-4-1-5-16(11-15)28(25,26)22-7-6-17(24)21-12-14-3-2-9-23(13-14)18-20-8-10-27-18/h1,4-5,8,10-11,14,22H,2-3,6-7,9,12-13H2,(H,21,24)/t14-/m0/s1. The largest absolute Gasteiger partial charge is 0.356 e. The summed E-state index contributed by atoms with van der Waals surface area (Å²) in [5.74, 6) is -0.501. The molecule has 1 aliphatic heterocycles. The van der Waals surface area contributed by atoms with Gasteiger partial charge in [-0.25, -0.2) is 22.5 Å². The fourth-order valence-corrected chi connectivity index (χ4v) is 4.88. The molecule has 0 spiro atoms. The van der Waals surface area contributed by atoms with Gasteiger partial charge in [-0.3, -0.25) is 4.79 Å². The SMILES string of the molecule is O=C(CCNS(=O)(=O)c1cccc(F)c1)NC[C@@H]1CCCN(c2nccs2)C1. The fourth-order valence-electron chi connectivity index (χ4n) is 3.14. The van der Waals surface area contributed by atoms with Gasteiger partial charge in [0, 0.05) is 44.2 Å². The quantitative estimate of drug-likeness (QED) is 0.674. The van der Waals surface area contributed by atoms with Gasteiger partial charge in [0.15, 0.2) is 5.13 Å². The van der Waals surface area contributed by atoms with Crippen LogP contribution >= 0.6 is 11.3 Å². The van der Waals surface area contributed by atoms with Gasteiger partial charge < -0.3 is 10.2 Å². The minimum Gasteiger partial charge on any atom is -0.356 e. The number of benzene rings is 1. The third-order valence-electron chi connectivity index (χ3n) is 4.55. The van der Waals surface area contributed by atoms with Crippen LogP contribution in [0.4, 0.5) is 9.52 Å². The Kier molecular flexibility index (Phi) is 6.97. The summed E-state index contributed by atoms with van der Waals surface area (Å²) in [6, 6.07) is 4.76. The molecule has 0 bridgehead atoms. The summed E-state index contributed by atoms with van der Waals surface area (Å²) >= 11 is 1.61. The van der Waals surface area contributed by atoms with Crippen LogP contribution in [-0.2, 0) is 14.8 Å². The summed E-state index contributed by atoms with van der Waals surface area (Å²) in [7, 11) is -3.83. The van der Waals surface area contributed by atoms with Crippen molar-refractivity contribution in [2.75, 3.05) is 31.1 Å². The Morgan fingerprint density at radius 2 is 2.25 bits per heavy atom. The summed E-state index contributed by atoms with van der Waals surface area (Å²) in [6.07, 6.45) is 3.90. The Bertz CT molecular complexity index is 890. The van der Waals surface area contributed by atoms with E-state index in [1.54, 1.807) is 17.5 Å². The first kappa shape index (κ1) is 20.7. The number of amides is 1. The van der Waals surface area contributed by atoms with E-state index in [1.165, 1.54) is 18.2 Å². The molecule has 0 unspecified atom stereocenters. The number of carbonyl (C=O) groups is 1. The number of hydrogen-bond acceptors (Lipinski definition) is 6. The zero-order chi connectivity index (χ0) is 20.0. The normalized spacial score (nSPS) is 17.5. The summed E-state index contributed by atoms with van der Waals surface area (Å²) in [6.45, 7) is 2.33. The highest BCUT2D eigenvalue weighted by Gasteiger charge is 2.22. The van der Waals surface area contributed by atoms with Crippen molar-refractivity contribution < 1.29 is 17.6 Å². The average Bonchev–Trinajstić information content (AvgIpc) is 3.21. The highest BCUT2D eigenvalue weighted by Crippen LogP contribution is 2.24. The molecule has 1 aromatic carbocycles. The van der Waals surface area contributed by atoms with Gasteiger partial charge in [0.2, 0.25) is 15.9 Å². The van der Waals surface area contributed by atoms with Gasteiger partial charge in [0.1, 0.15) is 5.82 Å². The number of thiazole rings is 1. The first-order chi connectivity index (χ1) is 13.4. The summed E-state index contributed by atoms with van der Waals surface area (Å²) in [5.41, 5.74) is 0. The number of aromatic nitrogens is 1. The predicted molar refractivity (Wildman–Crippen MR) is 106 cm³/mol. The number of nitrogens with one attached hydrogen (secondary N) is 2. The van der Waals surface area contributed by atoms with E-state index in [0.29, 0.717) is 12.5 Å². The maximum atomic E-state index is 13.2. The summed E-state index contributed by atoms with van der Waals surface area (Å²) in [5, 5.41) is 5.83. The van der Waals surface area contributed by atoms with E-state index in [0.717, 1.165) is 37.1 Å². The molecule has 1 amide bonds. The molecule has 28 heavy (non-hydrogen) atoms. The van der Waals surface area contributed by atoms with E-state index in [9.17, 15) is 17.6 Å². The molecule has 1 saturated heterocycles. The van der Waals surface area contributed by atoms with Gasteiger partial charge in [-0.05, 0) is 37.0 Å². The van der Waals surface area contributed by atoms with Crippen LogP contribution in [0.2, 0.25) is 0 Å². The number of carbonyl (C=O) groups excluding carboxylic acids is 1. The predicted octanol–water partition coefficient (Wildman–Crippen LogP) is 1.98. The zero-order valence-corrected chi connectivity index (χ0v) is 16.9. The van der Waals surface area contributed by atoms with Crippen LogP contribution in [0.1, 0.15) is 19.3 Å². The molecule has 3 rings (SSSR count). The Morgan fingerprint density at radius 1 is 1.39 bits per heavy atom. The first-order valence-electron chi connectivity index (χ1n) is 9.10. The van der Waals surface area contributed by atoms with Crippen molar-refractivity contribution in [3.05, 3.63) is 41.7 Å². The van der Waals surface area contributed by atoms with Crippen molar-refractivity contribution in [2.45, 2.75) is 24.2 Å². The fraction of sp³-hybridized carbons (Fsp3) is 0.444. The van der Waals surface area contributed by atoms with Crippen molar-refractivity contribution in [3.63, 3.8) is 0 Å². The van der Waals surface area contributed by atoms with Crippen LogP contribution in [0.5, 0.6) is 0 Å². The lowest BCUT2D eigenvalue weighted by molar-refractivity contribution is -0.121. The van der Waals surface area contributed by atoms with Gasteiger partial charge in [0.05, 0.1) is 4.90 Å². The third kappa shape index (κ3) is 5.73. The minimum atomic E-state index is -3.83. The highest BCUT2D eigenvalue weighted by atomic mass is 32.2. The van der Waals surface area contributed by atoms with Crippen molar-refractivity contribution in [3.8, 4) is 0 Å². The number of piperidine rings is 1. The van der Waals surface area contributed by atoms with E-state index in [1.807, 2.05) is 5.38 Å². The Hall–Kier alpha value is -2.04. The monoisotopic (exact) mass is 426 g/mol. The number of halogens is 1. The van der Waals surface area contributed by atoms with E-state index < -0.39 is 15.8 Å². The maximum absolute atomic E-state index is 13.2. The third-order valence-corrected chi connectivity index (χ3v) is 6.84. The topological polar surface area (TPSA) is 91.4 Å². The molecule has 2 N–H and O–H groups in total. The first-order valence-corrected chi connectivity index (χ1v) is 11.5. The number of rotatable bonds is 8. The van der Waals surface area contributed by atoms with Crippen LogP contribution in [-0.4, -0.2) is 45.5 Å². The second-order valence-electron chi connectivity index (χ2n) is 6.68. The Balaban J connectivity index is 1.40. The molecule has 0 aliphatic carbocycles. The number of anilines is 1. The van der Waals surface area contributed by atoms with Crippen molar-refractivity contribution in [1.82, 2.24) is 15.0 Å². The molecule has 1 aromatic heterocycles. The average molecular weight is 427 g/mol. The molecular weight excluding hydrogens is 403 g/mol. The molecule has 2 heterocycles. The van der Waals surface area contributed by atoms with Crippen LogP contribution < -0.4 is 14.9 Å². The molecule has 1 aliphatic rings. The van der Waals surface area contributed by atoms with Crippen LogP contribution in [0.25, 0.3) is 0 Å². The number of hydrogen-bond donors (Lipinski definition) is 2. The Morgan fingerprint density at radius 3 is 3.00 bits per heavy atom. The van der Waals surface area contributed by atoms with Gasteiger partial charge in [-0.2, -0.15) is 0 Å². The second-order valence-corrected chi connectivity index (χ2v) is 9.32. The minimum absolute atomic E-state index is 0.0253. The smallest absolute Gasteiger partial charge is 0.240 e. The maximum Gasteiger partial charge on any atom is 0.240 e. The van der Waals surface area contributed by atoms with Gasteiger partial charge >= 0.3 is 0 Å². The van der Waals surface area contributed by atoms with Crippen LogP contribution in [0.3, 0.4) is 0 Å². The second kappa shape index (κ2) is 9.44. The molecule has 7 nitrogen and oxygen atoms in total. The van der Waals surface area contributed by atoms with Crippen LogP contribution in [0, 0.1) is 11.7 Å².